The van der Waals surface area contributed by atoms with Crippen molar-refractivity contribution in [1.29, 1.82) is 0 Å². The Morgan fingerprint density at radius 3 is 1.64 bits per heavy atom. The highest BCUT2D eigenvalue weighted by molar-refractivity contribution is 5.88. The molecular formula is C10H16N2O2. The maximum atomic E-state index is 5.43. The van der Waals surface area contributed by atoms with E-state index in [1.165, 1.54) is 0 Å². The number of rotatable bonds is 3. The second-order valence-corrected chi connectivity index (χ2v) is 3.71. The van der Waals surface area contributed by atoms with Gasteiger partial charge in [-0.2, -0.15) is 0 Å². The van der Waals surface area contributed by atoms with Gasteiger partial charge in [-0.25, -0.2) is 0 Å². The summed E-state index contributed by atoms with van der Waals surface area (Å²) >= 11 is 0. The first-order valence-corrected chi connectivity index (χ1v) is 5.13. The van der Waals surface area contributed by atoms with Crippen LogP contribution < -0.4 is 0 Å². The van der Waals surface area contributed by atoms with E-state index in [1.807, 2.05) is 0 Å². The van der Waals surface area contributed by atoms with Gasteiger partial charge in [0.25, 0.3) is 0 Å². The molecule has 2 rings (SSSR count). The summed E-state index contributed by atoms with van der Waals surface area (Å²) in [5.41, 5.74) is 0. The van der Waals surface area contributed by atoms with Crippen LogP contribution in [-0.2, 0) is 9.47 Å². The fraction of sp³-hybridized carbons (Fsp3) is 0.800. The van der Waals surface area contributed by atoms with E-state index in [0.717, 1.165) is 38.1 Å². The van der Waals surface area contributed by atoms with E-state index in [0.29, 0.717) is 0 Å². The Morgan fingerprint density at radius 1 is 0.929 bits per heavy atom. The van der Waals surface area contributed by atoms with Crippen LogP contribution in [0.1, 0.15) is 13.8 Å². The Kier molecular flexibility index (Phi) is 2.70. The molecule has 0 aromatic heterocycles. The van der Waals surface area contributed by atoms with Crippen LogP contribution in [-0.4, -0.2) is 38.1 Å². The summed E-state index contributed by atoms with van der Waals surface area (Å²) in [6.45, 7) is 7.25. The number of hydrogen-bond donors (Lipinski definition) is 0. The van der Waals surface area contributed by atoms with Crippen LogP contribution in [0.5, 0.6) is 0 Å². The maximum absolute atomic E-state index is 5.43. The minimum Gasteiger partial charge on any atom is -0.479 e. The van der Waals surface area contributed by atoms with Crippen LogP contribution in [0.3, 0.4) is 0 Å². The second-order valence-electron chi connectivity index (χ2n) is 3.71. The molecule has 0 saturated carbocycles. The molecule has 78 valence electrons. The van der Waals surface area contributed by atoms with Crippen molar-refractivity contribution in [3.63, 3.8) is 0 Å². The molecule has 2 atom stereocenters. The van der Waals surface area contributed by atoms with Crippen molar-refractivity contribution in [2.24, 2.45) is 21.8 Å². The van der Waals surface area contributed by atoms with Gasteiger partial charge in [-0.15, -0.1) is 0 Å². The van der Waals surface area contributed by atoms with Gasteiger partial charge in [0, 0.05) is 11.8 Å². The zero-order valence-electron chi connectivity index (χ0n) is 8.69. The molecule has 0 aromatic carbocycles. The second kappa shape index (κ2) is 3.98. The van der Waals surface area contributed by atoms with Crippen molar-refractivity contribution in [3.05, 3.63) is 0 Å². The number of nitrogens with zero attached hydrogens (tertiary/aromatic N) is 2. The first-order chi connectivity index (χ1) is 6.79. The maximum Gasteiger partial charge on any atom is 0.187 e. The average molecular weight is 196 g/mol. The van der Waals surface area contributed by atoms with E-state index >= 15 is 0 Å². The van der Waals surface area contributed by atoms with E-state index in [4.69, 9.17) is 9.47 Å². The first kappa shape index (κ1) is 9.49. The third kappa shape index (κ3) is 1.74. The van der Waals surface area contributed by atoms with Gasteiger partial charge in [0.05, 0.1) is 13.1 Å². The highest BCUT2D eigenvalue weighted by Gasteiger charge is 2.28. The Bertz CT molecular complexity index is 245. The molecule has 2 aliphatic heterocycles. The molecule has 0 aromatic rings. The molecule has 2 unspecified atom stereocenters. The average Bonchev–Trinajstić information content (AvgIpc) is 2.87. The molecular weight excluding hydrogens is 180 g/mol. The summed E-state index contributed by atoms with van der Waals surface area (Å²) in [6.07, 6.45) is 0. The minimum absolute atomic E-state index is 0.273. The zero-order chi connectivity index (χ0) is 9.97. The highest BCUT2D eigenvalue weighted by atomic mass is 16.5. The molecule has 4 heteroatoms. The largest absolute Gasteiger partial charge is 0.479 e. The predicted molar refractivity (Wildman–Crippen MR) is 54.8 cm³/mol. The zero-order valence-corrected chi connectivity index (χ0v) is 8.69. The molecule has 0 saturated heterocycles. The van der Waals surface area contributed by atoms with E-state index in [9.17, 15) is 0 Å². The summed E-state index contributed by atoms with van der Waals surface area (Å²) in [6, 6.07) is 0. The third-order valence-electron chi connectivity index (χ3n) is 2.75. The third-order valence-corrected chi connectivity index (χ3v) is 2.75. The van der Waals surface area contributed by atoms with Crippen LogP contribution in [0, 0.1) is 11.8 Å². The summed E-state index contributed by atoms with van der Waals surface area (Å²) < 4.78 is 10.9. The van der Waals surface area contributed by atoms with Crippen molar-refractivity contribution >= 4 is 11.8 Å². The fourth-order valence-corrected chi connectivity index (χ4v) is 1.68. The fourth-order valence-electron chi connectivity index (χ4n) is 1.68. The summed E-state index contributed by atoms with van der Waals surface area (Å²) in [7, 11) is 0. The number of aliphatic imine (C=N–C) groups is 2. The molecule has 0 aliphatic carbocycles. The molecule has 0 fully saturated rings. The standard InChI is InChI=1S/C10H16N2O2/c1-7(9-11-3-5-13-9)8(2)10-12-4-6-14-10/h7-8H,3-6H2,1-2H3. The van der Waals surface area contributed by atoms with Gasteiger partial charge in [-0.3, -0.25) is 9.98 Å². The summed E-state index contributed by atoms with van der Waals surface area (Å²) in [5.74, 6) is 2.26. The van der Waals surface area contributed by atoms with Crippen molar-refractivity contribution in [3.8, 4) is 0 Å². The van der Waals surface area contributed by atoms with Crippen molar-refractivity contribution in [1.82, 2.24) is 0 Å². The lowest BCUT2D eigenvalue weighted by atomic mass is 9.95. The SMILES string of the molecule is CC(C1=NCCO1)C(C)C1=NCCO1. The van der Waals surface area contributed by atoms with Gasteiger partial charge in [0.1, 0.15) is 13.2 Å². The molecule has 0 bridgehead atoms. The lowest BCUT2D eigenvalue weighted by Gasteiger charge is -2.18. The first-order valence-electron chi connectivity index (χ1n) is 5.13. The summed E-state index contributed by atoms with van der Waals surface area (Å²) in [4.78, 5) is 8.62. The quantitative estimate of drug-likeness (QED) is 0.678. The molecule has 0 radical (unpaired) electrons. The molecule has 0 spiro atoms. The van der Waals surface area contributed by atoms with Gasteiger partial charge >= 0.3 is 0 Å². The van der Waals surface area contributed by atoms with Crippen molar-refractivity contribution < 1.29 is 9.47 Å². The van der Waals surface area contributed by atoms with E-state index in [-0.39, 0.29) is 11.8 Å². The molecule has 2 heterocycles. The lowest BCUT2D eigenvalue weighted by molar-refractivity contribution is 0.292. The van der Waals surface area contributed by atoms with Crippen molar-refractivity contribution in [2.75, 3.05) is 26.3 Å². The van der Waals surface area contributed by atoms with Crippen LogP contribution in [0.15, 0.2) is 9.98 Å². The van der Waals surface area contributed by atoms with Crippen LogP contribution >= 0.6 is 0 Å². The van der Waals surface area contributed by atoms with Crippen LogP contribution in [0.2, 0.25) is 0 Å². The Labute approximate surface area is 84.0 Å². The molecule has 2 aliphatic rings. The van der Waals surface area contributed by atoms with Crippen LogP contribution in [0.4, 0.5) is 0 Å². The van der Waals surface area contributed by atoms with Gasteiger partial charge < -0.3 is 9.47 Å². The smallest absolute Gasteiger partial charge is 0.187 e. The van der Waals surface area contributed by atoms with E-state index < -0.39 is 0 Å². The molecule has 0 amide bonds. The van der Waals surface area contributed by atoms with E-state index in [1.54, 1.807) is 0 Å². The van der Waals surface area contributed by atoms with Crippen LogP contribution in [0.25, 0.3) is 0 Å². The summed E-state index contributed by atoms with van der Waals surface area (Å²) in [5, 5.41) is 0. The van der Waals surface area contributed by atoms with Gasteiger partial charge in [-0.1, -0.05) is 13.8 Å². The molecule has 0 N–H and O–H groups in total. The minimum atomic E-state index is 0.273. The topological polar surface area (TPSA) is 43.2 Å². The van der Waals surface area contributed by atoms with E-state index in [2.05, 4.69) is 23.8 Å². The highest BCUT2D eigenvalue weighted by Crippen LogP contribution is 2.20. The number of hydrogen-bond acceptors (Lipinski definition) is 4. The monoisotopic (exact) mass is 196 g/mol. The van der Waals surface area contributed by atoms with Gasteiger partial charge in [-0.05, 0) is 0 Å². The number of ether oxygens (including phenoxy) is 2. The van der Waals surface area contributed by atoms with Gasteiger partial charge in [0.2, 0.25) is 0 Å². The Morgan fingerprint density at radius 2 is 1.36 bits per heavy atom. The molecule has 14 heavy (non-hydrogen) atoms. The Balaban J connectivity index is 1.99. The predicted octanol–water partition coefficient (Wildman–Crippen LogP) is 1.12. The van der Waals surface area contributed by atoms with Gasteiger partial charge in [0.15, 0.2) is 11.8 Å². The Hall–Kier alpha value is -1.06. The normalized spacial score (nSPS) is 24.7. The molecule has 4 nitrogen and oxygen atoms in total. The van der Waals surface area contributed by atoms with Crippen molar-refractivity contribution in [2.45, 2.75) is 13.8 Å². The lowest BCUT2D eigenvalue weighted by Crippen LogP contribution is -2.26.